The summed E-state index contributed by atoms with van der Waals surface area (Å²) < 4.78 is 63.9. The first-order valence-corrected chi connectivity index (χ1v) is 11.4. The highest BCUT2D eigenvalue weighted by atomic mass is 32.2. The second-order valence-electron chi connectivity index (χ2n) is 5.80. The molecule has 3 rings (SSSR count). The van der Waals surface area contributed by atoms with Crippen LogP contribution in [-0.4, -0.2) is 42.0 Å². The third kappa shape index (κ3) is 5.02. The molecule has 0 atom stereocenters. The number of amides is 1. The summed E-state index contributed by atoms with van der Waals surface area (Å²) in [5.41, 5.74) is 0.560. The lowest BCUT2D eigenvalue weighted by molar-refractivity contribution is 0.102. The summed E-state index contributed by atoms with van der Waals surface area (Å²) >= 11 is 1.33. The fourth-order valence-electron chi connectivity index (χ4n) is 2.35. The van der Waals surface area contributed by atoms with Crippen LogP contribution in [0.4, 0.5) is 5.69 Å². The smallest absolute Gasteiger partial charge is 0.294 e. The molecule has 29 heavy (non-hydrogen) atoms. The van der Waals surface area contributed by atoms with Crippen molar-refractivity contribution in [2.45, 2.75) is 16.7 Å². The van der Waals surface area contributed by atoms with Crippen LogP contribution in [0.3, 0.4) is 0 Å². The van der Waals surface area contributed by atoms with E-state index in [1.165, 1.54) is 23.5 Å². The Balaban J connectivity index is 1.97. The summed E-state index contributed by atoms with van der Waals surface area (Å²) in [6, 6.07) is 8.65. The van der Waals surface area contributed by atoms with E-state index >= 15 is 0 Å². The molecule has 0 saturated heterocycles. The normalized spacial score (nSPS) is 12.0. The van der Waals surface area contributed by atoms with Gasteiger partial charge in [-0.1, -0.05) is 23.5 Å². The number of hydrogen-bond acceptors (Lipinski definition) is 8. The minimum atomic E-state index is -4.79. The number of aromatic nitrogens is 2. The third-order valence-electron chi connectivity index (χ3n) is 3.63. The van der Waals surface area contributed by atoms with Crippen LogP contribution in [0.25, 0.3) is 10.6 Å². The SMILES string of the molecule is Cc1nnc(-c2cccc(C(=O)Nc3cc(S(=O)(=O)O)cc(S(=O)(=O)O)c3)c2)s1. The summed E-state index contributed by atoms with van der Waals surface area (Å²) in [6.07, 6.45) is 0. The van der Waals surface area contributed by atoms with Gasteiger partial charge in [0.25, 0.3) is 26.1 Å². The molecular weight excluding hydrogens is 442 g/mol. The van der Waals surface area contributed by atoms with E-state index in [0.29, 0.717) is 16.6 Å². The lowest BCUT2D eigenvalue weighted by Crippen LogP contribution is -2.13. The molecule has 13 heteroatoms. The van der Waals surface area contributed by atoms with Crippen molar-refractivity contribution >= 4 is 43.2 Å². The van der Waals surface area contributed by atoms with Crippen molar-refractivity contribution < 1.29 is 30.7 Å². The molecule has 0 saturated carbocycles. The van der Waals surface area contributed by atoms with Gasteiger partial charge in [0.1, 0.15) is 10.0 Å². The zero-order valence-electron chi connectivity index (χ0n) is 14.6. The average molecular weight is 455 g/mol. The number of rotatable bonds is 5. The van der Waals surface area contributed by atoms with Crippen LogP contribution in [0, 0.1) is 6.92 Å². The van der Waals surface area contributed by atoms with Crippen molar-refractivity contribution in [3.63, 3.8) is 0 Å². The van der Waals surface area contributed by atoms with Crippen LogP contribution in [0.15, 0.2) is 52.3 Å². The number of anilines is 1. The van der Waals surface area contributed by atoms with Gasteiger partial charge in [-0.05, 0) is 37.3 Å². The van der Waals surface area contributed by atoms with Gasteiger partial charge in [-0.2, -0.15) is 16.8 Å². The predicted octanol–water partition coefficient (Wildman–Crippen LogP) is 2.26. The number of nitrogens with one attached hydrogen (secondary N) is 1. The van der Waals surface area contributed by atoms with Gasteiger partial charge in [-0.15, -0.1) is 10.2 Å². The largest absolute Gasteiger partial charge is 0.322 e. The van der Waals surface area contributed by atoms with E-state index < -0.39 is 35.9 Å². The molecule has 3 aromatic rings. The van der Waals surface area contributed by atoms with Gasteiger partial charge in [0.05, 0.1) is 9.79 Å². The van der Waals surface area contributed by atoms with E-state index in [4.69, 9.17) is 0 Å². The fourth-order valence-corrected chi connectivity index (χ4v) is 4.22. The van der Waals surface area contributed by atoms with E-state index in [-0.39, 0.29) is 11.3 Å². The zero-order chi connectivity index (χ0) is 21.4. The lowest BCUT2D eigenvalue weighted by atomic mass is 10.1. The van der Waals surface area contributed by atoms with Gasteiger partial charge >= 0.3 is 0 Å². The van der Waals surface area contributed by atoms with Crippen LogP contribution < -0.4 is 5.32 Å². The van der Waals surface area contributed by atoms with E-state index in [0.717, 1.165) is 17.1 Å². The summed E-state index contributed by atoms with van der Waals surface area (Å²) in [6.45, 7) is 1.78. The molecule has 2 aromatic carbocycles. The molecule has 0 fully saturated rings. The van der Waals surface area contributed by atoms with Crippen LogP contribution in [0.1, 0.15) is 15.4 Å². The summed E-state index contributed by atoms with van der Waals surface area (Å²) in [5, 5.41) is 11.6. The van der Waals surface area contributed by atoms with Crippen molar-refractivity contribution in [1.82, 2.24) is 10.2 Å². The van der Waals surface area contributed by atoms with Gasteiger partial charge in [0, 0.05) is 16.8 Å². The molecule has 0 bridgehead atoms. The zero-order valence-corrected chi connectivity index (χ0v) is 17.0. The summed E-state index contributed by atoms with van der Waals surface area (Å²) in [7, 11) is -9.58. The van der Waals surface area contributed by atoms with E-state index in [1.54, 1.807) is 19.1 Å². The average Bonchev–Trinajstić information content (AvgIpc) is 3.06. The Bertz CT molecular complexity index is 1260. The number of carbonyl (C=O) groups is 1. The lowest BCUT2D eigenvalue weighted by Gasteiger charge is -2.09. The number of hydrogen-bond donors (Lipinski definition) is 3. The third-order valence-corrected chi connectivity index (χ3v) is 6.18. The Morgan fingerprint density at radius 1 is 0.966 bits per heavy atom. The van der Waals surface area contributed by atoms with Gasteiger partial charge in [0.15, 0.2) is 0 Å². The Morgan fingerprint density at radius 2 is 1.59 bits per heavy atom. The minimum absolute atomic E-state index is 0.181. The number of benzene rings is 2. The first kappa shape index (κ1) is 21.0. The highest BCUT2D eigenvalue weighted by Crippen LogP contribution is 2.25. The Morgan fingerprint density at radius 3 is 2.10 bits per heavy atom. The molecule has 152 valence electrons. The topological polar surface area (TPSA) is 164 Å². The standard InChI is InChI=1S/C16H13N3O7S3/c1-9-18-19-16(27-9)11-4-2-3-10(5-11)15(20)17-12-6-13(28(21,22)23)8-14(7-12)29(24,25)26/h2-8H,1H3,(H,17,20)(H,21,22,23)(H,24,25,26). The fraction of sp³-hybridized carbons (Fsp3) is 0.0625. The Hall–Kier alpha value is -2.71. The van der Waals surface area contributed by atoms with Gasteiger partial charge in [0.2, 0.25) is 0 Å². The van der Waals surface area contributed by atoms with Crippen molar-refractivity contribution in [2.24, 2.45) is 0 Å². The molecule has 0 aliphatic heterocycles. The van der Waals surface area contributed by atoms with Crippen molar-refractivity contribution in [2.75, 3.05) is 5.32 Å². The molecule has 1 aromatic heterocycles. The molecule has 0 aliphatic rings. The monoisotopic (exact) mass is 455 g/mol. The second-order valence-corrected chi connectivity index (χ2v) is 9.83. The minimum Gasteiger partial charge on any atom is -0.322 e. The second kappa shape index (κ2) is 7.61. The molecule has 3 N–H and O–H groups in total. The highest BCUT2D eigenvalue weighted by molar-refractivity contribution is 7.86. The van der Waals surface area contributed by atoms with Crippen LogP contribution in [0.5, 0.6) is 0 Å². The molecule has 0 spiro atoms. The molecule has 1 amide bonds. The molecule has 0 unspecified atom stereocenters. The number of nitrogens with zero attached hydrogens (tertiary/aromatic N) is 2. The first-order chi connectivity index (χ1) is 13.4. The van der Waals surface area contributed by atoms with Crippen LogP contribution in [-0.2, 0) is 20.2 Å². The quantitative estimate of drug-likeness (QED) is 0.489. The van der Waals surface area contributed by atoms with Gasteiger partial charge in [-0.3, -0.25) is 13.9 Å². The first-order valence-electron chi connectivity index (χ1n) is 7.75. The number of aryl methyl sites for hydroxylation is 1. The van der Waals surface area contributed by atoms with Gasteiger partial charge < -0.3 is 5.32 Å². The molecule has 0 aliphatic carbocycles. The summed E-state index contributed by atoms with van der Waals surface area (Å²) in [4.78, 5) is 10.9. The van der Waals surface area contributed by atoms with Crippen LogP contribution in [0.2, 0.25) is 0 Å². The van der Waals surface area contributed by atoms with E-state index in [2.05, 4.69) is 15.5 Å². The maximum Gasteiger partial charge on any atom is 0.294 e. The van der Waals surface area contributed by atoms with Crippen molar-refractivity contribution in [3.8, 4) is 10.6 Å². The highest BCUT2D eigenvalue weighted by Gasteiger charge is 2.19. The van der Waals surface area contributed by atoms with Crippen molar-refractivity contribution in [3.05, 3.63) is 53.0 Å². The Labute approximate surface area is 169 Å². The maximum atomic E-state index is 12.6. The number of carbonyl (C=O) groups excluding carboxylic acids is 1. The van der Waals surface area contributed by atoms with Crippen LogP contribution >= 0.6 is 11.3 Å². The molecule has 1 heterocycles. The predicted molar refractivity (Wildman–Crippen MR) is 104 cm³/mol. The maximum absolute atomic E-state index is 12.6. The molecular formula is C16H13N3O7S3. The Kier molecular flexibility index (Phi) is 5.51. The molecule has 0 radical (unpaired) electrons. The van der Waals surface area contributed by atoms with E-state index in [9.17, 15) is 30.7 Å². The van der Waals surface area contributed by atoms with E-state index in [1.807, 2.05) is 0 Å². The molecule has 10 nitrogen and oxygen atoms in total. The van der Waals surface area contributed by atoms with Gasteiger partial charge in [-0.25, -0.2) is 0 Å². The van der Waals surface area contributed by atoms with Crippen molar-refractivity contribution in [1.29, 1.82) is 0 Å². The summed E-state index contributed by atoms with van der Waals surface area (Å²) in [5.74, 6) is -0.679.